The number of fused-ring (bicyclic) bond motifs is 8. The second kappa shape index (κ2) is 11.1. The second-order valence-corrected chi connectivity index (χ2v) is 12.7. The highest BCUT2D eigenvalue weighted by Gasteiger charge is 2.24. The van der Waals surface area contributed by atoms with Crippen LogP contribution in [-0.4, -0.2) is 4.98 Å². The van der Waals surface area contributed by atoms with Crippen LogP contribution in [0.15, 0.2) is 179 Å². The van der Waals surface area contributed by atoms with Gasteiger partial charge in [0.2, 0.25) is 5.89 Å². The van der Waals surface area contributed by atoms with Crippen molar-refractivity contribution in [3.63, 3.8) is 0 Å². The molecule has 0 N–H and O–H groups in total. The fraction of sp³-hybridized carbons (Fsp3) is 0.0217. The number of oxazole rings is 1. The van der Waals surface area contributed by atoms with Crippen LogP contribution in [0.5, 0.6) is 0 Å². The summed E-state index contributed by atoms with van der Waals surface area (Å²) in [5.74, 6) is 0.562. The summed E-state index contributed by atoms with van der Waals surface area (Å²) in [6, 6.07) is 60.0. The van der Waals surface area contributed by atoms with Crippen LogP contribution in [0.3, 0.4) is 0 Å². The molecule has 0 bridgehead atoms. The number of hydrogen-bond donors (Lipinski definition) is 0. The first-order chi connectivity index (χ1) is 24.3. The van der Waals surface area contributed by atoms with Gasteiger partial charge in [-0.1, -0.05) is 133 Å². The summed E-state index contributed by atoms with van der Waals surface area (Å²) in [4.78, 5) is 4.91. The monoisotopic (exact) mass is 627 g/mol. The Bertz CT molecular complexity index is 2830. The van der Waals surface area contributed by atoms with E-state index in [9.17, 15) is 0 Å². The normalized spacial score (nSPS) is 12.4. The van der Waals surface area contributed by atoms with Gasteiger partial charge in [-0.15, -0.1) is 0 Å². The Labute approximate surface area is 282 Å². The Balaban J connectivity index is 1.25. The molecule has 49 heavy (non-hydrogen) atoms. The van der Waals surface area contributed by atoms with E-state index in [2.05, 4.69) is 133 Å². The molecule has 2 aromatic heterocycles. The van der Waals surface area contributed by atoms with Crippen LogP contribution in [0.1, 0.15) is 22.6 Å². The van der Waals surface area contributed by atoms with Crippen LogP contribution in [0.2, 0.25) is 0 Å². The molecule has 0 spiro atoms. The SMILES string of the molecule is c1ccc(-c2cccc(C(c3ccc4ccc5ccc6nc(-c7ccccc7)oc6c5c4c3)c3cccc4oc5ccccc5c34)c2)cc1. The summed E-state index contributed by atoms with van der Waals surface area (Å²) in [5.41, 5.74) is 10.4. The highest BCUT2D eigenvalue weighted by atomic mass is 16.3. The van der Waals surface area contributed by atoms with Gasteiger partial charge >= 0.3 is 0 Å². The maximum atomic E-state index is 6.58. The number of furan rings is 1. The van der Waals surface area contributed by atoms with E-state index in [1.165, 1.54) is 27.8 Å². The van der Waals surface area contributed by atoms with Gasteiger partial charge in [-0.3, -0.25) is 0 Å². The van der Waals surface area contributed by atoms with Gasteiger partial charge in [0, 0.05) is 27.6 Å². The third-order valence-electron chi connectivity index (χ3n) is 9.81. The molecule has 230 valence electrons. The lowest BCUT2D eigenvalue weighted by atomic mass is 9.81. The van der Waals surface area contributed by atoms with Crippen molar-refractivity contribution in [2.75, 3.05) is 0 Å². The van der Waals surface area contributed by atoms with Crippen molar-refractivity contribution in [3.05, 3.63) is 187 Å². The molecule has 2 heterocycles. The number of aromatic nitrogens is 1. The molecule has 0 saturated carbocycles. The number of para-hydroxylation sites is 1. The fourth-order valence-electron chi connectivity index (χ4n) is 7.55. The Morgan fingerprint density at radius 2 is 1.10 bits per heavy atom. The van der Waals surface area contributed by atoms with Crippen molar-refractivity contribution in [2.24, 2.45) is 0 Å². The van der Waals surface area contributed by atoms with Gasteiger partial charge in [-0.2, -0.15) is 0 Å². The van der Waals surface area contributed by atoms with Gasteiger partial charge in [0.15, 0.2) is 5.58 Å². The molecular weight excluding hydrogens is 599 g/mol. The van der Waals surface area contributed by atoms with Crippen LogP contribution in [0.25, 0.3) is 77.2 Å². The minimum absolute atomic E-state index is 0.0677. The van der Waals surface area contributed by atoms with Crippen LogP contribution in [-0.2, 0) is 0 Å². The Kier molecular flexibility index (Phi) is 6.25. The summed E-state index contributed by atoms with van der Waals surface area (Å²) in [7, 11) is 0. The molecule has 0 aliphatic rings. The van der Waals surface area contributed by atoms with Gasteiger partial charge < -0.3 is 8.83 Å². The van der Waals surface area contributed by atoms with Crippen molar-refractivity contribution in [1.29, 1.82) is 0 Å². The molecule has 0 aliphatic carbocycles. The molecule has 1 atom stereocenters. The van der Waals surface area contributed by atoms with E-state index in [0.29, 0.717) is 5.89 Å². The van der Waals surface area contributed by atoms with Gasteiger partial charge in [0.05, 0.1) is 0 Å². The zero-order chi connectivity index (χ0) is 32.3. The van der Waals surface area contributed by atoms with Gasteiger partial charge in [0.1, 0.15) is 16.7 Å². The Hall–Kier alpha value is -6.45. The van der Waals surface area contributed by atoms with Crippen molar-refractivity contribution in [2.45, 2.75) is 5.92 Å². The lowest BCUT2D eigenvalue weighted by Gasteiger charge is -2.22. The molecule has 10 rings (SSSR count). The highest BCUT2D eigenvalue weighted by Crippen LogP contribution is 2.43. The zero-order valence-electron chi connectivity index (χ0n) is 26.5. The van der Waals surface area contributed by atoms with Crippen molar-refractivity contribution in [1.82, 2.24) is 4.98 Å². The van der Waals surface area contributed by atoms with E-state index < -0.39 is 0 Å². The Morgan fingerprint density at radius 1 is 0.429 bits per heavy atom. The topological polar surface area (TPSA) is 39.2 Å². The molecule has 1 unspecified atom stereocenters. The molecule has 3 nitrogen and oxygen atoms in total. The van der Waals surface area contributed by atoms with Crippen molar-refractivity contribution >= 4 is 54.6 Å². The van der Waals surface area contributed by atoms with E-state index >= 15 is 0 Å². The summed E-state index contributed by atoms with van der Waals surface area (Å²) < 4.78 is 13.0. The maximum Gasteiger partial charge on any atom is 0.227 e. The second-order valence-electron chi connectivity index (χ2n) is 12.7. The smallest absolute Gasteiger partial charge is 0.227 e. The van der Waals surface area contributed by atoms with Crippen LogP contribution in [0, 0.1) is 0 Å². The van der Waals surface area contributed by atoms with E-state index in [1.54, 1.807) is 0 Å². The number of rotatable bonds is 5. The first-order valence-electron chi connectivity index (χ1n) is 16.7. The molecule has 10 aromatic rings. The molecular formula is C46H29NO2. The molecule has 0 amide bonds. The van der Waals surface area contributed by atoms with Crippen molar-refractivity contribution < 1.29 is 8.83 Å². The standard InChI is InChI=1S/C46H29NO2/c1-3-11-29(12-4-1)33-15-9-16-34(27-33)42(37-18-10-20-41-44(37)36-17-7-8-19-40(36)48-41)35-24-22-30-21-23-31-25-26-39-45(43(31)38(30)28-35)49-46(47-39)32-13-5-2-6-14-32/h1-28,42H. The van der Waals surface area contributed by atoms with Crippen LogP contribution < -0.4 is 0 Å². The Morgan fingerprint density at radius 3 is 1.98 bits per heavy atom. The number of hydrogen-bond acceptors (Lipinski definition) is 3. The largest absolute Gasteiger partial charge is 0.456 e. The first-order valence-corrected chi connectivity index (χ1v) is 16.7. The fourth-order valence-corrected chi connectivity index (χ4v) is 7.55. The minimum Gasteiger partial charge on any atom is -0.456 e. The molecule has 0 saturated heterocycles. The van der Waals surface area contributed by atoms with Gasteiger partial charge in [0.25, 0.3) is 0 Å². The van der Waals surface area contributed by atoms with E-state index in [0.717, 1.165) is 60.1 Å². The first kappa shape index (κ1) is 27.6. The number of benzene rings is 8. The lowest BCUT2D eigenvalue weighted by molar-refractivity contribution is 0.623. The molecule has 3 heteroatoms. The summed E-state index contributed by atoms with van der Waals surface area (Å²) in [6.45, 7) is 0. The highest BCUT2D eigenvalue weighted by molar-refractivity contribution is 6.18. The molecule has 0 aliphatic heterocycles. The average molecular weight is 628 g/mol. The van der Waals surface area contributed by atoms with E-state index in [1.807, 2.05) is 36.4 Å². The lowest BCUT2D eigenvalue weighted by Crippen LogP contribution is -2.04. The quantitative estimate of drug-likeness (QED) is 0.141. The molecule has 8 aromatic carbocycles. The van der Waals surface area contributed by atoms with Crippen LogP contribution in [0.4, 0.5) is 0 Å². The predicted octanol–water partition coefficient (Wildman–Crippen LogP) is 12.5. The van der Waals surface area contributed by atoms with Gasteiger partial charge in [-0.25, -0.2) is 4.98 Å². The summed E-state index contributed by atoms with van der Waals surface area (Å²) >= 11 is 0. The minimum atomic E-state index is -0.0677. The van der Waals surface area contributed by atoms with E-state index in [-0.39, 0.29) is 5.92 Å². The van der Waals surface area contributed by atoms with E-state index in [4.69, 9.17) is 13.8 Å². The third-order valence-corrected chi connectivity index (χ3v) is 9.81. The molecule has 0 fully saturated rings. The van der Waals surface area contributed by atoms with Crippen LogP contribution >= 0.6 is 0 Å². The number of nitrogens with zero attached hydrogens (tertiary/aromatic N) is 1. The zero-order valence-corrected chi connectivity index (χ0v) is 26.5. The predicted molar refractivity (Wildman–Crippen MR) is 201 cm³/mol. The summed E-state index contributed by atoms with van der Waals surface area (Å²) in [6.07, 6.45) is 0. The van der Waals surface area contributed by atoms with Crippen molar-refractivity contribution in [3.8, 4) is 22.6 Å². The summed E-state index contributed by atoms with van der Waals surface area (Å²) in [5, 5.41) is 6.78. The third kappa shape index (κ3) is 4.55. The molecule has 0 radical (unpaired) electrons. The maximum absolute atomic E-state index is 6.58. The average Bonchev–Trinajstić information content (AvgIpc) is 3.78. The van der Waals surface area contributed by atoms with Gasteiger partial charge in [-0.05, 0) is 80.4 Å².